The Morgan fingerprint density at radius 1 is 1.03 bits per heavy atom. The zero-order chi connectivity index (χ0) is 24.6. The van der Waals surface area contributed by atoms with Gasteiger partial charge in [0.25, 0.3) is 0 Å². The molecule has 1 aromatic carbocycles. The Hall–Kier alpha value is -3.07. The third-order valence-electron chi connectivity index (χ3n) is 6.19. The Morgan fingerprint density at radius 3 is 2.49 bits per heavy atom. The maximum Gasteiger partial charge on any atom is 0.191 e. The van der Waals surface area contributed by atoms with Crippen LogP contribution >= 0.6 is 11.6 Å². The van der Waals surface area contributed by atoms with Gasteiger partial charge in [0.15, 0.2) is 15.3 Å². The number of benzene rings is 1. The van der Waals surface area contributed by atoms with Gasteiger partial charge in [0.2, 0.25) is 0 Å². The fraction of sp³-hybridized carbons (Fsp3) is 0.269. The molecule has 9 heteroatoms. The van der Waals surface area contributed by atoms with Crippen LogP contribution in [0, 0.1) is 6.92 Å². The van der Waals surface area contributed by atoms with Crippen molar-refractivity contribution >= 4 is 32.5 Å². The molecule has 5 rings (SSSR count). The summed E-state index contributed by atoms with van der Waals surface area (Å²) in [7, 11) is -3.44. The second-order valence-corrected chi connectivity index (χ2v) is 11.4. The molecule has 0 radical (unpaired) electrons. The number of nitrogens with one attached hydrogen (secondary N) is 1. The summed E-state index contributed by atoms with van der Waals surface area (Å²) in [4.78, 5) is 25.3. The average molecular weight is 510 g/mol. The molecule has 0 unspecified atom stereocenters. The van der Waals surface area contributed by atoms with Crippen molar-refractivity contribution in [3.8, 4) is 22.4 Å². The van der Waals surface area contributed by atoms with E-state index < -0.39 is 15.1 Å². The highest BCUT2D eigenvalue weighted by atomic mass is 35.5. The van der Waals surface area contributed by atoms with Crippen molar-refractivity contribution < 1.29 is 13.2 Å². The number of fused-ring (bicyclic) bond motifs is 1. The van der Waals surface area contributed by atoms with E-state index in [1.807, 2.05) is 43.3 Å². The summed E-state index contributed by atoms with van der Waals surface area (Å²) in [5.74, 6) is -0.244. The van der Waals surface area contributed by atoms with Crippen molar-refractivity contribution in [2.75, 3.05) is 13.2 Å². The molecule has 0 saturated carbocycles. The molecule has 0 spiro atoms. The molecule has 1 saturated heterocycles. The van der Waals surface area contributed by atoms with Crippen LogP contribution in [0.1, 0.15) is 24.2 Å². The highest BCUT2D eigenvalue weighted by Gasteiger charge is 2.28. The second-order valence-electron chi connectivity index (χ2n) is 8.74. The van der Waals surface area contributed by atoms with Gasteiger partial charge in [-0.05, 0) is 43.5 Å². The monoisotopic (exact) mass is 509 g/mol. The minimum Gasteiger partial charge on any atom is -0.381 e. The van der Waals surface area contributed by atoms with Gasteiger partial charge in [0.05, 0.1) is 22.1 Å². The van der Waals surface area contributed by atoms with Gasteiger partial charge >= 0.3 is 0 Å². The fourth-order valence-electron chi connectivity index (χ4n) is 4.49. The van der Waals surface area contributed by atoms with E-state index >= 15 is 0 Å². The highest BCUT2D eigenvalue weighted by Crippen LogP contribution is 2.33. The number of H-pyrrole nitrogens is 1. The van der Waals surface area contributed by atoms with E-state index in [9.17, 15) is 13.2 Å². The maximum absolute atomic E-state index is 13.1. The Labute approximate surface area is 208 Å². The Bertz CT molecular complexity index is 1540. The van der Waals surface area contributed by atoms with Crippen molar-refractivity contribution in [2.24, 2.45) is 0 Å². The number of ether oxygens (including phenoxy) is 1. The maximum atomic E-state index is 13.1. The van der Waals surface area contributed by atoms with Crippen LogP contribution in [0.3, 0.4) is 0 Å². The van der Waals surface area contributed by atoms with E-state index in [4.69, 9.17) is 21.3 Å². The summed E-state index contributed by atoms with van der Waals surface area (Å²) >= 11 is 6.23. The first-order chi connectivity index (χ1) is 16.8. The predicted molar refractivity (Wildman–Crippen MR) is 137 cm³/mol. The minimum atomic E-state index is -3.44. The van der Waals surface area contributed by atoms with Crippen LogP contribution in [0.15, 0.2) is 59.4 Å². The number of hydrogen-bond donors (Lipinski definition) is 1. The number of hydrogen-bond acceptors (Lipinski definition) is 6. The third kappa shape index (κ3) is 5.00. The zero-order valence-electron chi connectivity index (χ0n) is 19.1. The van der Waals surface area contributed by atoms with Crippen LogP contribution < -0.4 is 5.43 Å². The molecule has 1 aliphatic heterocycles. The molecule has 35 heavy (non-hydrogen) atoms. The van der Waals surface area contributed by atoms with E-state index in [0.717, 1.165) is 22.4 Å². The van der Waals surface area contributed by atoms with Crippen LogP contribution in [-0.4, -0.2) is 41.8 Å². The molecule has 0 atom stereocenters. The van der Waals surface area contributed by atoms with Crippen molar-refractivity contribution in [3.05, 3.63) is 81.4 Å². The minimum absolute atomic E-state index is 0.244. The molecule has 0 bridgehead atoms. The summed E-state index contributed by atoms with van der Waals surface area (Å²) in [6.07, 6.45) is 0.932. The molecule has 1 aliphatic rings. The SMILES string of the molecule is Cc1cc(-c2cc3c(=O)cc(CS(=O)(=O)C4CCOCC4)[nH]c3nc2-c2ccccc2)cc(Cl)n1. The molecule has 1 fully saturated rings. The summed E-state index contributed by atoms with van der Waals surface area (Å²) in [6, 6.07) is 16.4. The third-order valence-corrected chi connectivity index (χ3v) is 8.58. The average Bonchev–Trinajstić information content (AvgIpc) is 2.83. The van der Waals surface area contributed by atoms with Crippen molar-refractivity contribution in [3.63, 3.8) is 0 Å². The smallest absolute Gasteiger partial charge is 0.191 e. The van der Waals surface area contributed by atoms with Gasteiger partial charge in [-0.2, -0.15) is 0 Å². The van der Waals surface area contributed by atoms with Crippen LogP contribution in [0.25, 0.3) is 33.4 Å². The van der Waals surface area contributed by atoms with Crippen molar-refractivity contribution in [2.45, 2.75) is 30.8 Å². The number of aromatic amines is 1. The van der Waals surface area contributed by atoms with Gasteiger partial charge in [-0.15, -0.1) is 0 Å². The van der Waals surface area contributed by atoms with Gasteiger partial charge in [0, 0.05) is 41.8 Å². The molecule has 3 aromatic heterocycles. The van der Waals surface area contributed by atoms with Gasteiger partial charge in [-0.1, -0.05) is 41.9 Å². The molecular weight excluding hydrogens is 486 g/mol. The second kappa shape index (κ2) is 9.53. The Balaban J connectivity index is 1.66. The lowest BCUT2D eigenvalue weighted by molar-refractivity contribution is 0.0983. The molecule has 4 heterocycles. The lowest BCUT2D eigenvalue weighted by Gasteiger charge is -2.22. The Morgan fingerprint density at radius 2 is 1.77 bits per heavy atom. The molecule has 4 aromatic rings. The molecule has 1 N–H and O–H groups in total. The number of pyridine rings is 3. The molecule has 7 nitrogen and oxygen atoms in total. The lowest BCUT2D eigenvalue weighted by Crippen LogP contribution is -2.30. The first kappa shape index (κ1) is 23.7. The number of aromatic nitrogens is 3. The topological polar surface area (TPSA) is 102 Å². The molecule has 0 amide bonds. The number of halogens is 1. The number of rotatable bonds is 5. The number of aryl methyl sites for hydroxylation is 1. The predicted octanol–water partition coefficient (Wildman–Crippen LogP) is 4.71. The normalized spacial score (nSPS) is 14.9. The number of sulfone groups is 1. The lowest BCUT2D eigenvalue weighted by atomic mass is 9.98. The van der Waals surface area contributed by atoms with Crippen LogP contribution in [0.2, 0.25) is 5.15 Å². The first-order valence-electron chi connectivity index (χ1n) is 11.4. The van der Waals surface area contributed by atoms with Crippen LogP contribution in [-0.2, 0) is 20.3 Å². The van der Waals surface area contributed by atoms with Gasteiger partial charge in [0.1, 0.15) is 10.8 Å². The van der Waals surface area contributed by atoms with Crippen molar-refractivity contribution in [1.29, 1.82) is 0 Å². The summed E-state index contributed by atoms with van der Waals surface area (Å²) in [5.41, 5.74) is 4.17. The zero-order valence-corrected chi connectivity index (χ0v) is 20.7. The van der Waals surface area contributed by atoms with Gasteiger partial charge < -0.3 is 9.72 Å². The first-order valence-corrected chi connectivity index (χ1v) is 13.5. The summed E-state index contributed by atoms with van der Waals surface area (Å²) in [6.45, 7) is 2.72. The van der Waals surface area contributed by atoms with E-state index in [0.29, 0.717) is 53.6 Å². The van der Waals surface area contributed by atoms with Gasteiger partial charge in [-0.3, -0.25) is 4.79 Å². The van der Waals surface area contributed by atoms with E-state index in [2.05, 4.69) is 9.97 Å². The van der Waals surface area contributed by atoms with E-state index in [-0.39, 0.29) is 11.2 Å². The quantitative estimate of drug-likeness (QED) is 0.391. The summed E-state index contributed by atoms with van der Waals surface area (Å²) in [5, 5.41) is 0.254. The van der Waals surface area contributed by atoms with E-state index in [1.54, 1.807) is 12.1 Å². The van der Waals surface area contributed by atoms with E-state index in [1.165, 1.54) is 6.07 Å². The van der Waals surface area contributed by atoms with Gasteiger partial charge in [-0.25, -0.2) is 18.4 Å². The molecule has 180 valence electrons. The molecular formula is C26H24ClN3O4S. The standard InChI is InChI=1S/C26H24ClN3O4S/c1-16-11-18(12-24(27)28-16)21-14-22-23(31)13-19(15-35(32,33)20-7-9-34-10-8-20)29-26(22)30-25(21)17-5-3-2-4-6-17/h2-6,11-14,20H,7-10,15H2,1H3,(H,29,30,31). The largest absolute Gasteiger partial charge is 0.381 e. The fourth-order valence-corrected chi connectivity index (χ4v) is 6.47. The van der Waals surface area contributed by atoms with Crippen molar-refractivity contribution in [1.82, 2.24) is 15.0 Å². The number of nitrogens with zero attached hydrogens (tertiary/aromatic N) is 2. The highest BCUT2D eigenvalue weighted by molar-refractivity contribution is 7.91. The molecule has 0 aliphatic carbocycles. The Kier molecular flexibility index (Phi) is 6.44. The summed E-state index contributed by atoms with van der Waals surface area (Å²) < 4.78 is 31.2. The van der Waals surface area contributed by atoms with Crippen LogP contribution in [0.4, 0.5) is 0 Å². The van der Waals surface area contributed by atoms with Crippen LogP contribution in [0.5, 0.6) is 0 Å².